The van der Waals surface area contributed by atoms with Gasteiger partial charge in [0.1, 0.15) is 6.04 Å². The van der Waals surface area contributed by atoms with Crippen LogP contribution in [0.5, 0.6) is 0 Å². The van der Waals surface area contributed by atoms with E-state index in [1.807, 2.05) is 6.92 Å². The first kappa shape index (κ1) is 17.9. The molecule has 1 aliphatic rings. The number of benzene rings is 2. The Hall–Kier alpha value is -1.89. The average molecular weight is 379 g/mol. The van der Waals surface area contributed by atoms with Gasteiger partial charge in [0.25, 0.3) is 0 Å². The van der Waals surface area contributed by atoms with Gasteiger partial charge in [-0.25, -0.2) is 8.42 Å². The van der Waals surface area contributed by atoms with E-state index in [-0.39, 0.29) is 17.3 Å². The Labute approximate surface area is 152 Å². The molecule has 3 rings (SSSR count). The van der Waals surface area contributed by atoms with Gasteiger partial charge in [-0.15, -0.1) is 0 Å². The van der Waals surface area contributed by atoms with Crippen molar-refractivity contribution in [1.29, 1.82) is 0 Å². The summed E-state index contributed by atoms with van der Waals surface area (Å²) < 4.78 is 26.9. The van der Waals surface area contributed by atoms with Crippen LogP contribution in [0.25, 0.3) is 0 Å². The fourth-order valence-corrected chi connectivity index (χ4v) is 4.90. The van der Waals surface area contributed by atoms with E-state index in [2.05, 4.69) is 0 Å². The maximum atomic E-state index is 12.8. The molecule has 2 aromatic carbocycles. The number of sulfonamides is 1. The fraction of sp³-hybridized carbons (Fsp3) is 0.278. The number of hydrogen-bond acceptors (Lipinski definition) is 3. The SMILES string of the molecule is Cc1cc(Cl)ccc1N1CCN(S(=O)(=O)c2ccccc2)[C@H](C)C1=O. The van der Waals surface area contributed by atoms with E-state index in [0.717, 1.165) is 11.3 Å². The van der Waals surface area contributed by atoms with E-state index in [0.29, 0.717) is 11.6 Å². The zero-order chi connectivity index (χ0) is 18.2. The van der Waals surface area contributed by atoms with Gasteiger partial charge in [0.05, 0.1) is 4.90 Å². The lowest BCUT2D eigenvalue weighted by atomic mass is 10.1. The number of aryl methyl sites for hydroxylation is 1. The molecule has 132 valence electrons. The summed E-state index contributed by atoms with van der Waals surface area (Å²) in [4.78, 5) is 14.7. The van der Waals surface area contributed by atoms with Crippen molar-refractivity contribution in [2.45, 2.75) is 24.8 Å². The van der Waals surface area contributed by atoms with Crippen molar-refractivity contribution in [3.8, 4) is 0 Å². The van der Waals surface area contributed by atoms with Crippen LogP contribution in [0.3, 0.4) is 0 Å². The van der Waals surface area contributed by atoms with Crippen LogP contribution in [-0.2, 0) is 14.8 Å². The van der Waals surface area contributed by atoms with E-state index < -0.39 is 16.1 Å². The molecule has 0 aliphatic carbocycles. The zero-order valence-corrected chi connectivity index (χ0v) is 15.6. The summed E-state index contributed by atoms with van der Waals surface area (Å²) in [6.07, 6.45) is 0. The number of hydrogen-bond donors (Lipinski definition) is 0. The van der Waals surface area contributed by atoms with E-state index >= 15 is 0 Å². The van der Waals surface area contributed by atoms with Gasteiger partial charge in [0.15, 0.2) is 0 Å². The Morgan fingerprint density at radius 1 is 1.08 bits per heavy atom. The van der Waals surface area contributed by atoms with E-state index in [1.54, 1.807) is 60.4 Å². The second-order valence-corrected chi connectivity index (χ2v) is 8.35. The average Bonchev–Trinajstić information content (AvgIpc) is 2.58. The van der Waals surface area contributed by atoms with Crippen LogP contribution in [0.1, 0.15) is 12.5 Å². The second kappa shape index (κ2) is 6.78. The van der Waals surface area contributed by atoms with Crippen molar-refractivity contribution >= 4 is 33.2 Å². The third-order valence-electron chi connectivity index (χ3n) is 4.40. The maximum Gasteiger partial charge on any atom is 0.245 e. The van der Waals surface area contributed by atoms with Crippen molar-refractivity contribution in [2.75, 3.05) is 18.0 Å². The summed E-state index contributed by atoms with van der Waals surface area (Å²) in [5.41, 5.74) is 1.64. The molecule has 1 aliphatic heterocycles. The third-order valence-corrected chi connectivity index (χ3v) is 6.62. The molecular weight excluding hydrogens is 360 g/mol. The summed E-state index contributed by atoms with van der Waals surface area (Å²) in [6, 6.07) is 12.7. The standard InChI is InChI=1S/C18H19ClN2O3S/c1-13-12-15(19)8-9-17(13)20-10-11-21(14(2)18(20)22)25(23,24)16-6-4-3-5-7-16/h3-9,12,14H,10-11H2,1-2H3/t14-/m1/s1. The Morgan fingerprint density at radius 3 is 2.40 bits per heavy atom. The number of nitrogens with zero attached hydrogens (tertiary/aromatic N) is 2. The van der Waals surface area contributed by atoms with Crippen LogP contribution in [0.2, 0.25) is 5.02 Å². The summed E-state index contributed by atoms with van der Waals surface area (Å²) in [5, 5.41) is 0.604. The zero-order valence-electron chi connectivity index (χ0n) is 14.0. The van der Waals surface area contributed by atoms with Gasteiger partial charge in [-0.2, -0.15) is 4.31 Å². The lowest BCUT2D eigenvalue weighted by Crippen LogP contribution is -2.57. The Morgan fingerprint density at radius 2 is 1.76 bits per heavy atom. The normalized spacial score (nSPS) is 19.2. The molecule has 0 N–H and O–H groups in total. The fourth-order valence-electron chi connectivity index (χ4n) is 3.07. The molecule has 1 heterocycles. The lowest BCUT2D eigenvalue weighted by Gasteiger charge is -2.38. The first-order valence-electron chi connectivity index (χ1n) is 7.97. The van der Waals surface area contributed by atoms with Crippen LogP contribution < -0.4 is 4.90 Å². The molecule has 0 bridgehead atoms. The highest BCUT2D eigenvalue weighted by atomic mass is 35.5. The summed E-state index contributed by atoms with van der Waals surface area (Å²) in [7, 11) is -3.70. The van der Waals surface area contributed by atoms with Crippen molar-refractivity contribution in [2.24, 2.45) is 0 Å². The predicted molar refractivity (Wildman–Crippen MR) is 98.3 cm³/mol. The molecule has 0 radical (unpaired) electrons. The van der Waals surface area contributed by atoms with Crippen LogP contribution in [0.4, 0.5) is 5.69 Å². The van der Waals surface area contributed by atoms with Gasteiger partial charge in [-0.1, -0.05) is 29.8 Å². The number of amides is 1. The molecule has 0 unspecified atom stereocenters. The van der Waals surface area contributed by atoms with Gasteiger partial charge in [-0.05, 0) is 49.7 Å². The van der Waals surface area contributed by atoms with E-state index in [9.17, 15) is 13.2 Å². The number of halogens is 1. The third kappa shape index (κ3) is 3.29. The second-order valence-electron chi connectivity index (χ2n) is 6.03. The minimum Gasteiger partial charge on any atom is -0.309 e. The molecule has 1 saturated heterocycles. The highest BCUT2D eigenvalue weighted by molar-refractivity contribution is 7.89. The topological polar surface area (TPSA) is 57.7 Å². The van der Waals surface area contributed by atoms with Gasteiger partial charge in [0, 0.05) is 23.8 Å². The minimum absolute atomic E-state index is 0.200. The lowest BCUT2D eigenvalue weighted by molar-refractivity contribution is -0.123. The van der Waals surface area contributed by atoms with Crippen LogP contribution in [0, 0.1) is 6.92 Å². The molecule has 1 amide bonds. The molecule has 0 aromatic heterocycles. The maximum absolute atomic E-state index is 12.8. The molecule has 5 nitrogen and oxygen atoms in total. The van der Waals surface area contributed by atoms with Crippen LogP contribution in [0.15, 0.2) is 53.4 Å². The Bertz CT molecular complexity index is 900. The predicted octanol–water partition coefficient (Wildman–Crippen LogP) is 3.07. The Kier molecular flexibility index (Phi) is 4.86. The molecule has 1 fully saturated rings. The molecule has 0 saturated carbocycles. The van der Waals surface area contributed by atoms with Crippen molar-refractivity contribution in [1.82, 2.24) is 4.31 Å². The highest BCUT2D eigenvalue weighted by Gasteiger charge is 2.39. The molecule has 2 aromatic rings. The largest absolute Gasteiger partial charge is 0.309 e. The van der Waals surface area contributed by atoms with Crippen LogP contribution >= 0.6 is 11.6 Å². The minimum atomic E-state index is -3.70. The quantitative estimate of drug-likeness (QED) is 0.824. The van der Waals surface area contributed by atoms with Crippen molar-refractivity contribution < 1.29 is 13.2 Å². The molecular formula is C18H19ClN2O3S. The van der Waals surface area contributed by atoms with Gasteiger partial charge < -0.3 is 4.90 Å². The Balaban J connectivity index is 1.89. The summed E-state index contributed by atoms with van der Waals surface area (Å²) >= 11 is 5.98. The van der Waals surface area contributed by atoms with Crippen molar-refractivity contribution in [3.05, 3.63) is 59.1 Å². The van der Waals surface area contributed by atoms with Crippen molar-refractivity contribution in [3.63, 3.8) is 0 Å². The first-order valence-corrected chi connectivity index (χ1v) is 9.78. The number of rotatable bonds is 3. The number of anilines is 1. The summed E-state index contributed by atoms with van der Waals surface area (Å²) in [6.45, 7) is 4.05. The highest BCUT2D eigenvalue weighted by Crippen LogP contribution is 2.28. The first-order chi connectivity index (χ1) is 11.8. The van der Waals surface area contributed by atoms with Gasteiger partial charge in [0.2, 0.25) is 15.9 Å². The summed E-state index contributed by atoms with van der Waals surface area (Å²) in [5.74, 6) is -0.240. The van der Waals surface area contributed by atoms with E-state index in [4.69, 9.17) is 11.6 Å². The number of carbonyl (C=O) groups is 1. The molecule has 25 heavy (non-hydrogen) atoms. The molecule has 0 spiro atoms. The number of piperazine rings is 1. The monoisotopic (exact) mass is 378 g/mol. The van der Waals surface area contributed by atoms with Crippen LogP contribution in [-0.4, -0.2) is 37.8 Å². The molecule has 1 atom stereocenters. The van der Waals surface area contributed by atoms with Gasteiger partial charge in [-0.3, -0.25) is 4.79 Å². The smallest absolute Gasteiger partial charge is 0.245 e. The van der Waals surface area contributed by atoms with Gasteiger partial charge >= 0.3 is 0 Å². The molecule has 7 heteroatoms. The number of carbonyl (C=O) groups excluding carboxylic acids is 1. The van der Waals surface area contributed by atoms with E-state index in [1.165, 1.54) is 4.31 Å².